The van der Waals surface area contributed by atoms with E-state index in [0.717, 1.165) is 11.8 Å². The van der Waals surface area contributed by atoms with Gasteiger partial charge in [-0.05, 0) is 0 Å². The molecule has 0 aliphatic carbocycles. The molecule has 0 radical (unpaired) electrons. The maximum atomic E-state index is 14.4. The highest BCUT2D eigenvalue weighted by Crippen LogP contribution is 2.65. The van der Waals surface area contributed by atoms with Crippen molar-refractivity contribution in [2.24, 2.45) is 5.92 Å². The van der Waals surface area contributed by atoms with E-state index in [1.165, 1.54) is 13.8 Å². The average molecular weight is 704 g/mol. The van der Waals surface area contributed by atoms with Crippen LogP contribution in [0.3, 0.4) is 0 Å². The quantitative estimate of drug-likeness (QED) is 0.205. The summed E-state index contributed by atoms with van der Waals surface area (Å²) in [6.07, 6.45) is -7.91. The summed E-state index contributed by atoms with van der Waals surface area (Å²) in [6.45, 7) is 2.37. The van der Waals surface area contributed by atoms with Crippen molar-refractivity contribution in [2.45, 2.75) is 60.8 Å². The molecular weight excluding hydrogens is 687 g/mol. The van der Waals surface area contributed by atoms with Gasteiger partial charge < -0.3 is 0 Å². The van der Waals surface area contributed by atoms with Crippen molar-refractivity contribution in [2.75, 3.05) is 28.8 Å². The molecule has 1 rings (SSSR count). The number of rotatable bonds is 12. The van der Waals surface area contributed by atoms with Crippen molar-refractivity contribution in [3.8, 4) is 0 Å². The van der Waals surface area contributed by atoms with Crippen LogP contribution in [0.2, 0.25) is 0 Å². The molecule has 0 saturated carbocycles. The third-order valence-corrected chi connectivity index (χ3v) is 12.5. The minimum absolute atomic E-state index is 0.207. The monoisotopic (exact) mass is 704 g/mol. The van der Waals surface area contributed by atoms with Crippen LogP contribution >= 0.6 is 22.1 Å². The summed E-state index contributed by atoms with van der Waals surface area (Å²) >= 11 is 0.972. The number of alkyl halides is 17. The van der Waals surface area contributed by atoms with Crippen molar-refractivity contribution >= 4 is 38.0 Å². The van der Waals surface area contributed by atoms with Crippen LogP contribution in [0, 0.1) is 5.92 Å². The third-order valence-electron chi connectivity index (χ3n) is 5.49. The van der Waals surface area contributed by atoms with Gasteiger partial charge in [-0.2, -0.15) is 94.8 Å². The molecule has 246 valence electrons. The predicted molar refractivity (Wildman–Crippen MR) is 110 cm³/mol. The highest BCUT2D eigenvalue weighted by molar-refractivity contribution is 8.34. The molecule has 4 nitrogen and oxygen atoms in total. The van der Waals surface area contributed by atoms with Crippen molar-refractivity contribution in [3.63, 3.8) is 0 Å². The fraction of sp³-hybridized carbons (Fsp3) is 0.941. The van der Waals surface area contributed by atoms with Crippen molar-refractivity contribution in [1.29, 1.82) is 0 Å². The lowest BCUT2D eigenvalue weighted by molar-refractivity contribution is -0.458. The first-order valence-corrected chi connectivity index (χ1v) is 14.9. The van der Waals surface area contributed by atoms with E-state index in [0.29, 0.717) is 0 Å². The zero-order valence-electron chi connectivity index (χ0n) is 19.9. The molecule has 1 saturated heterocycles. The van der Waals surface area contributed by atoms with E-state index in [2.05, 4.69) is 3.63 Å². The Hall–Kier alpha value is -0.910. The summed E-state index contributed by atoms with van der Waals surface area (Å²) < 4.78 is 257. The summed E-state index contributed by atoms with van der Waals surface area (Å²) in [7, 11) is -11.5. The predicted octanol–water partition coefficient (Wildman–Crippen LogP) is 6.99. The van der Waals surface area contributed by atoms with E-state index in [1.807, 2.05) is 0 Å². The average Bonchev–Trinajstić information content (AvgIpc) is 2.77. The smallest absolute Gasteiger partial charge is 0.298 e. The first kappa shape index (κ1) is 38.1. The van der Waals surface area contributed by atoms with Gasteiger partial charge in [0.2, 0.25) is 0 Å². The maximum Gasteiger partial charge on any atom is 0.460 e. The molecular formula is C17H17F17O4S3. The molecule has 1 heterocycles. The van der Waals surface area contributed by atoms with E-state index >= 15 is 0 Å². The molecule has 0 aromatic heterocycles. The first-order valence-electron chi connectivity index (χ1n) is 10.3. The molecule has 1 aliphatic rings. The van der Waals surface area contributed by atoms with Gasteiger partial charge in [-0.25, -0.2) is 3.63 Å². The van der Waals surface area contributed by atoms with Crippen LogP contribution in [0.25, 0.3) is 0 Å². The van der Waals surface area contributed by atoms with Gasteiger partial charge in [0.1, 0.15) is 5.78 Å². The molecule has 0 bridgehead atoms. The Morgan fingerprint density at radius 3 is 1.37 bits per heavy atom. The summed E-state index contributed by atoms with van der Waals surface area (Å²) in [5.41, 5.74) is 0. The number of hydrogen-bond acceptors (Lipinski definition) is 5. The van der Waals surface area contributed by atoms with Crippen molar-refractivity contribution in [3.05, 3.63) is 0 Å². The fourth-order valence-electron chi connectivity index (χ4n) is 2.83. The molecule has 1 aliphatic heterocycles. The highest BCUT2D eigenvalue weighted by atomic mass is 32.3. The number of hydrogen-bond donors (Lipinski definition) is 0. The van der Waals surface area contributed by atoms with Crippen molar-refractivity contribution < 1.29 is 91.5 Å². The number of ketones is 1. The molecule has 1 fully saturated rings. The Morgan fingerprint density at radius 2 is 1.02 bits per heavy atom. The summed E-state index contributed by atoms with van der Waals surface area (Å²) in [4.78, 5) is 12.1. The van der Waals surface area contributed by atoms with Gasteiger partial charge in [0.25, 0.3) is 0 Å². The van der Waals surface area contributed by atoms with E-state index < -0.39 is 96.4 Å². The van der Waals surface area contributed by atoms with Gasteiger partial charge in [0.15, 0.2) is 0 Å². The van der Waals surface area contributed by atoms with Crippen molar-refractivity contribution in [1.82, 2.24) is 0 Å². The van der Waals surface area contributed by atoms with Gasteiger partial charge >= 0.3 is 57.1 Å². The highest BCUT2D eigenvalue weighted by Gasteiger charge is 2.96. The van der Waals surface area contributed by atoms with Gasteiger partial charge in [-0.3, -0.25) is 4.79 Å². The van der Waals surface area contributed by atoms with Crippen LogP contribution < -0.4 is 0 Å². The van der Waals surface area contributed by atoms with E-state index in [1.54, 1.807) is 0 Å². The second-order valence-corrected chi connectivity index (χ2v) is 15.0. The standard InChI is InChI=1S/C17H17F17O4S3/c1-8(2)9(35)7-40(5-3-39-4-6-40)38-41(36,37)17(33,34)15(28,29)13(24,25)11(20,21)10(18,19)12(22,23)14(26,27)16(30,31)32/h8H,3-7H2,1-2H3. The summed E-state index contributed by atoms with van der Waals surface area (Å²) in [6, 6.07) is 0. The van der Waals surface area contributed by atoms with Crippen LogP contribution in [-0.4, -0.2) is 89.9 Å². The topological polar surface area (TPSA) is 60.4 Å². The molecule has 0 amide bonds. The molecule has 0 unspecified atom stereocenters. The van der Waals surface area contributed by atoms with Gasteiger partial charge in [-0.1, -0.05) is 13.8 Å². The van der Waals surface area contributed by atoms with E-state index in [9.17, 15) is 87.8 Å². The zero-order chi connectivity index (χ0) is 33.1. The van der Waals surface area contributed by atoms with E-state index in [-0.39, 0.29) is 11.5 Å². The Bertz CT molecular complexity index is 1080. The molecule has 41 heavy (non-hydrogen) atoms. The number of thioether (sulfide) groups is 1. The molecule has 0 N–H and O–H groups in total. The zero-order valence-corrected chi connectivity index (χ0v) is 22.3. The Labute approximate surface area is 225 Å². The minimum Gasteiger partial charge on any atom is -0.298 e. The normalized spacial score (nSPS) is 19.8. The fourth-order valence-corrected chi connectivity index (χ4v) is 10.8. The van der Waals surface area contributed by atoms with Crippen LogP contribution in [-0.2, 0) is 18.5 Å². The minimum atomic E-state index is -8.92. The number of halogens is 17. The summed E-state index contributed by atoms with van der Waals surface area (Å²) in [5.74, 6) is -56.8. The van der Waals surface area contributed by atoms with Crippen LogP contribution in [0.15, 0.2) is 0 Å². The van der Waals surface area contributed by atoms with Crippen LogP contribution in [0.5, 0.6) is 0 Å². The second kappa shape index (κ2) is 10.9. The Morgan fingerprint density at radius 1 is 0.683 bits per heavy atom. The molecule has 0 atom stereocenters. The van der Waals surface area contributed by atoms with E-state index in [4.69, 9.17) is 0 Å². The number of carbonyl (C=O) groups excluding carboxylic acids is 1. The van der Waals surface area contributed by atoms with Gasteiger partial charge in [0.05, 0.1) is 5.75 Å². The van der Waals surface area contributed by atoms with Gasteiger partial charge in [-0.15, -0.1) is 10.3 Å². The summed E-state index contributed by atoms with van der Waals surface area (Å²) in [5, 5.41) is -7.75. The first-order chi connectivity index (χ1) is 17.7. The lowest BCUT2D eigenvalue weighted by Crippen LogP contribution is -2.75. The van der Waals surface area contributed by atoms with Gasteiger partial charge in [0, 0.05) is 28.9 Å². The lowest BCUT2D eigenvalue weighted by atomic mass is 9.91. The Kier molecular flexibility index (Phi) is 10.1. The second-order valence-electron chi connectivity index (χ2n) is 8.73. The van der Waals surface area contributed by atoms with Crippen LogP contribution in [0.1, 0.15) is 13.8 Å². The maximum absolute atomic E-state index is 14.4. The lowest BCUT2D eigenvalue weighted by Gasteiger charge is -2.44. The number of carbonyl (C=O) groups is 1. The number of Topliss-reactive ketones (excluding diaryl/α,β-unsaturated/α-hetero) is 1. The third kappa shape index (κ3) is 5.82. The molecule has 24 heteroatoms. The SMILES string of the molecule is CC(C)C(=O)CS1(OS(=O)(=O)C(F)(F)C(F)(F)C(F)(F)C(F)(F)C(F)(F)C(F)(F)C(F)(F)C(F)(F)F)CCSCC1. The molecule has 0 aromatic carbocycles. The molecule has 0 spiro atoms. The Balaban J connectivity index is 3.71. The molecule has 0 aromatic rings. The van der Waals surface area contributed by atoms with Crippen LogP contribution in [0.4, 0.5) is 74.6 Å². The largest absolute Gasteiger partial charge is 0.460 e.